The third-order valence-corrected chi connectivity index (χ3v) is 3.62. The number of nitrogens with one attached hydrogen (secondary N) is 2. The SMILES string of the molecule is COc1cccc(CCNC(=O)c2cnc(Nc3cc(C)on3)nc2)c1. The highest BCUT2D eigenvalue weighted by Gasteiger charge is 2.08. The molecule has 8 heteroatoms. The van der Waals surface area contributed by atoms with Gasteiger partial charge in [0.1, 0.15) is 11.5 Å². The molecular formula is C18H19N5O3. The van der Waals surface area contributed by atoms with Gasteiger partial charge in [0.15, 0.2) is 5.82 Å². The summed E-state index contributed by atoms with van der Waals surface area (Å²) in [7, 11) is 1.63. The second-order valence-electron chi connectivity index (χ2n) is 5.60. The minimum Gasteiger partial charge on any atom is -0.497 e. The number of hydrogen-bond donors (Lipinski definition) is 2. The van der Waals surface area contributed by atoms with E-state index in [0.29, 0.717) is 36.1 Å². The van der Waals surface area contributed by atoms with Gasteiger partial charge in [0.2, 0.25) is 5.95 Å². The molecule has 3 rings (SSSR count). The van der Waals surface area contributed by atoms with E-state index in [4.69, 9.17) is 9.26 Å². The molecule has 8 nitrogen and oxygen atoms in total. The summed E-state index contributed by atoms with van der Waals surface area (Å²) < 4.78 is 10.1. The highest BCUT2D eigenvalue weighted by atomic mass is 16.5. The molecule has 2 N–H and O–H groups in total. The van der Waals surface area contributed by atoms with Gasteiger partial charge in [-0.05, 0) is 31.0 Å². The van der Waals surface area contributed by atoms with Gasteiger partial charge in [0, 0.05) is 25.0 Å². The number of anilines is 2. The predicted octanol–water partition coefficient (Wildman–Crippen LogP) is 2.50. The van der Waals surface area contributed by atoms with Gasteiger partial charge in [-0.3, -0.25) is 4.79 Å². The van der Waals surface area contributed by atoms with Crippen molar-refractivity contribution in [3.05, 3.63) is 59.6 Å². The molecule has 1 amide bonds. The van der Waals surface area contributed by atoms with Crippen LogP contribution >= 0.6 is 0 Å². The molecule has 0 fully saturated rings. The minimum absolute atomic E-state index is 0.225. The number of nitrogens with zero attached hydrogens (tertiary/aromatic N) is 3. The second kappa shape index (κ2) is 8.11. The van der Waals surface area contributed by atoms with Crippen LogP contribution in [0.15, 0.2) is 47.2 Å². The molecule has 134 valence electrons. The molecule has 2 aromatic heterocycles. The molecule has 0 radical (unpaired) electrons. The van der Waals surface area contributed by atoms with E-state index in [-0.39, 0.29) is 5.91 Å². The third kappa shape index (κ3) is 4.56. The smallest absolute Gasteiger partial charge is 0.254 e. The fourth-order valence-corrected chi connectivity index (χ4v) is 2.30. The molecule has 0 saturated heterocycles. The van der Waals surface area contributed by atoms with Crippen molar-refractivity contribution >= 4 is 17.7 Å². The fraction of sp³-hybridized carbons (Fsp3) is 0.222. The van der Waals surface area contributed by atoms with Crippen LogP contribution in [0.5, 0.6) is 5.75 Å². The molecule has 0 aliphatic rings. The summed E-state index contributed by atoms with van der Waals surface area (Å²) in [5.74, 6) is 2.10. The molecule has 0 spiro atoms. The largest absolute Gasteiger partial charge is 0.497 e. The highest BCUT2D eigenvalue weighted by molar-refractivity contribution is 5.93. The number of carbonyl (C=O) groups is 1. The Labute approximate surface area is 150 Å². The lowest BCUT2D eigenvalue weighted by atomic mass is 10.1. The van der Waals surface area contributed by atoms with Crippen LogP contribution in [0.4, 0.5) is 11.8 Å². The first-order chi connectivity index (χ1) is 12.6. The van der Waals surface area contributed by atoms with Crippen molar-refractivity contribution < 1.29 is 14.1 Å². The summed E-state index contributed by atoms with van der Waals surface area (Å²) in [6, 6.07) is 9.47. The van der Waals surface area contributed by atoms with Gasteiger partial charge < -0.3 is 19.9 Å². The Hall–Kier alpha value is -3.42. The van der Waals surface area contributed by atoms with Crippen molar-refractivity contribution in [1.29, 1.82) is 0 Å². The van der Waals surface area contributed by atoms with Crippen LogP contribution in [0, 0.1) is 6.92 Å². The number of rotatable bonds is 7. The van der Waals surface area contributed by atoms with Crippen molar-refractivity contribution in [2.45, 2.75) is 13.3 Å². The topological polar surface area (TPSA) is 102 Å². The predicted molar refractivity (Wildman–Crippen MR) is 95.6 cm³/mol. The van der Waals surface area contributed by atoms with Crippen molar-refractivity contribution in [1.82, 2.24) is 20.4 Å². The second-order valence-corrected chi connectivity index (χ2v) is 5.60. The van der Waals surface area contributed by atoms with E-state index in [0.717, 1.165) is 11.3 Å². The number of carbonyl (C=O) groups excluding carboxylic acids is 1. The Balaban J connectivity index is 1.51. The minimum atomic E-state index is -0.225. The number of aryl methyl sites for hydroxylation is 1. The maximum atomic E-state index is 12.2. The number of methoxy groups -OCH3 is 1. The van der Waals surface area contributed by atoms with Gasteiger partial charge in [-0.25, -0.2) is 9.97 Å². The maximum absolute atomic E-state index is 12.2. The first-order valence-electron chi connectivity index (χ1n) is 8.07. The van der Waals surface area contributed by atoms with Crippen LogP contribution in [0.2, 0.25) is 0 Å². The molecule has 2 heterocycles. The Morgan fingerprint density at radius 1 is 1.23 bits per heavy atom. The number of aromatic nitrogens is 3. The number of amides is 1. The van der Waals surface area contributed by atoms with E-state index < -0.39 is 0 Å². The van der Waals surface area contributed by atoms with Gasteiger partial charge in [0.25, 0.3) is 5.91 Å². The van der Waals surface area contributed by atoms with Crippen molar-refractivity contribution in [3.63, 3.8) is 0 Å². The molecule has 26 heavy (non-hydrogen) atoms. The summed E-state index contributed by atoms with van der Waals surface area (Å²) in [5, 5.41) is 9.54. The molecule has 0 aliphatic carbocycles. The van der Waals surface area contributed by atoms with E-state index in [1.54, 1.807) is 20.1 Å². The highest BCUT2D eigenvalue weighted by Crippen LogP contribution is 2.13. The lowest BCUT2D eigenvalue weighted by molar-refractivity contribution is 0.0953. The zero-order chi connectivity index (χ0) is 18.4. The molecule has 0 aliphatic heterocycles. The maximum Gasteiger partial charge on any atom is 0.254 e. The quantitative estimate of drug-likeness (QED) is 0.673. The number of ether oxygens (including phenoxy) is 1. The lowest BCUT2D eigenvalue weighted by Gasteiger charge is -2.07. The Morgan fingerprint density at radius 3 is 2.73 bits per heavy atom. The van der Waals surface area contributed by atoms with Gasteiger partial charge in [-0.15, -0.1) is 0 Å². The third-order valence-electron chi connectivity index (χ3n) is 3.62. The Morgan fingerprint density at radius 2 is 2.04 bits per heavy atom. The zero-order valence-corrected chi connectivity index (χ0v) is 14.5. The van der Waals surface area contributed by atoms with Gasteiger partial charge in [-0.2, -0.15) is 0 Å². The first-order valence-corrected chi connectivity index (χ1v) is 8.07. The van der Waals surface area contributed by atoms with E-state index in [1.807, 2.05) is 24.3 Å². The first kappa shape index (κ1) is 17.4. The zero-order valence-electron chi connectivity index (χ0n) is 14.5. The monoisotopic (exact) mass is 353 g/mol. The van der Waals surface area contributed by atoms with Crippen LogP contribution < -0.4 is 15.4 Å². The normalized spacial score (nSPS) is 10.4. The lowest BCUT2D eigenvalue weighted by Crippen LogP contribution is -2.26. The fourth-order valence-electron chi connectivity index (χ4n) is 2.30. The number of hydrogen-bond acceptors (Lipinski definition) is 7. The molecule has 1 aromatic carbocycles. The van der Waals surface area contributed by atoms with Crippen LogP contribution in [0.3, 0.4) is 0 Å². The van der Waals surface area contributed by atoms with Gasteiger partial charge in [-0.1, -0.05) is 17.3 Å². The van der Waals surface area contributed by atoms with Crippen LogP contribution in [-0.2, 0) is 6.42 Å². The molecule has 0 bridgehead atoms. The van der Waals surface area contributed by atoms with E-state index in [1.165, 1.54) is 12.4 Å². The Bertz CT molecular complexity index is 877. The molecule has 0 saturated carbocycles. The average Bonchev–Trinajstić information content (AvgIpc) is 3.07. The van der Waals surface area contributed by atoms with Crippen LogP contribution in [0.1, 0.15) is 21.7 Å². The van der Waals surface area contributed by atoms with Gasteiger partial charge in [0.05, 0.1) is 12.7 Å². The molecule has 3 aromatic rings. The van der Waals surface area contributed by atoms with E-state index >= 15 is 0 Å². The van der Waals surface area contributed by atoms with Crippen LogP contribution in [-0.4, -0.2) is 34.7 Å². The molecule has 0 atom stereocenters. The molecular weight excluding hydrogens is 334 g/mol. The molecule has 0 unspecified atom stereocenters. The van der Waals surface area contributed by atoms with Crippen molar-refractivity contribution in [3.8, 4) is 5.75 Å². The summed E-state index contributed by atoms with van der Waals surface area (Å²) in [4.78, 5) is 20.4. The average molecular weight is 353 g/mol. The van der Waals surface area contributed by atoms with E-state index in [2.05, 4.69) is 25.8 Å². The standard InChI is InChI=1S/C18H19N5O3/c1-12-8-16(23-26-12)22-18-20-10-14(11-21-18)17(24)19-7-6-13-4-3-5-15(9-13)25-2/h3-5,8-11H,6-7H2,1-2H3,(H,19,24)(H,20,21,22,23). The summed E-state index contributed by atoms with van der Waals surface area (Å²) >= 11 is 0. The summed E-state index contributed by atoms with van der Waals surface area (Å²) in [6.07, 6.45) is 3.63. The summed E-state index contributed by atoms with van der Waals surface area (Å²) in [6.45, 7) is 2.29. The van der Waals surface area contributed by atoms with Gasteiger partial charge >= 0.3 is 0 Å². The van der Waals surface area contributed by atoms with Crippen LogP contribution in [0.25, 0.3) is 0 Å². The van der Waals surface area contributed by atoms with Crippen molar-refractivity contribution in [2.75, 3.05) is 19.0 Å². The summed E-state index contributed by atoms with van der Waals surface area (Å²) in [5.41, 5.74) is 1.47. The van der Waals surface area contributed by atoms with Crippen molar-refractivity contribution in [2.24, 2.45) is 0 Å². The van der Waals surface area contributed by atoms with E-state index in [9.17, 15) is 4.79 Å². The number of benzene rings is 1. The Kier molecular flexibility index (Phi) is 5.43.